The van der Waals surface area contributed by atoms with Crippen molar-refractivity contribution in [1.82, 2.24) is 4.90 Å². The van der Waals surface area contributed by atoms with Gasteiger partial charge in [-0.15, -0.1) is 0 Å². The Morgan fingerprint density at radius 3 is 2.68 bits per heavy atom. The summed E-state index contributed by atoms with van der Waals surface area (Å²) in [4.78, 5) is 13.6. The van der Waals surface area contributed by atoms with Crippen LogP contribution in [0.1, 0.15) is 65.2 Å². The molecule has 0 amide bonds. The molecule has 3 unspecified atom stereocenters. The molecule has 2 fully saturated rings. The molecule has 3 heteroatoms. The second-order valence-corrected chi connectivity index (χ2v) is 6.81. The van der Waals surface area contributed by atoms with Crippen molar-refractivity contribution in [2.75, 3.05) is 6.54 Å². The summed E-state index contributed by atoms with van der Waals surface area (Å²) in [6.07, 6.45) is 9.12. The Morgan fingerprint density at radius 2 is 2.00 bits per heavy atom. The summed E-state index contributed by atoms with van der Waals surface area (Å²) in [5, 5.41) is 9.10. The number of hydrogen-bond donors (Lipinski definition) is 1. The van der Waals surface area contributed by atoms with Gasteiger partial charge in [-0.2, -0.15) is 0 Å². The Balaban J connectivity index is 1.98. The van der Waals surface area contributed by atoms with Gasteiger partial charge in [-0.3, -0.25) is 9.69 Å². The zero-order chi connectivity index (χ0) is 13.8. The first kappa shape index (κ1) is 14.8. The van der Waals surface area contributed by atoms with Gasteiger partial charge in [-0.05, 0) is 44.1 Å². The van der Waals surface area contributed by atoms with Crippen LogP contribution < -0.4 is 0 Å². The molecule has 1 saturated carbocycles. The van der Waals surface area contributed by atoms with E-state index < -0.39 is 5.97 Å². The third-order valence-corrected chi connectivity index (χ3v) is 5.18. The van der Waals surface area contributed by atoms with Gasteiger partial charge in [0.2, 0.25) is 0 Å². The van der Waals surface area contributed by atoms with Crippen LogP contribution in [-0.4, -0.2) is 34.6 Å². The number of rotatable bonds is 4. The van der Waals surface area contributed by atoms with Gasteiger partial charge in [-0.25, -0.2) is 0 Å². The van der Waals surface area contributed by atoms with Crippen molar-refractivity contribution in [3.63, 3.8) is 0 Å². The molecule has 2 aliphatic rings. The van der Waals surface area contributed by atoms with E-state index in [4.69, 9.17) is 5.11 Å². The summed E-state index contributed by atoms with van der Waals surface area (Å²) in [7, 11) is 0. The Morgan fingerprint density at radius 1 is 1.21 bits per heavy atom. The van der Waals surface area contributed by atoms with E-state index in [1.807, 2.05) is 0 Å². The van der Waals surface area contributed by atoms with Gasteiger partial charge >= 0.3 is 5.97 Å². The maximum atomic E-state index is 11.0. The van der Waals surface area contributed by atoms with Gasteiger partial charge in [0.25, 0.3) is 0 Å². The number of aliphatic carboxylic acids is 1. The summed E-state index contributed by atoms with van der Waals surface area (Å²) in [5.74, 6) is 0.977. The molecule has 0 spiro atoms. The van der Waals surface area contributed by atoms with Crippen LogP contribution in [0.2, 0.25) is 0 Å². The predicted octanol–water partition coefficient (Wildman–Crippen LogP) is 3.53. The average Bonchev–Trinajstić information content (AvgIpc) is 2.39. The summed E-state index contributed by atoms with van der Waals surface area (Å²) in [5.41, 5.74) is 0. The van der Waals surface area contributed by atoms with Gasteiger partial charge in [0, 0.05) is 12.1 Å². The number of piperidine rings is 1. The van der Waals surface area contributed by atoms with E-state index in [9.17, 15) is 4.79 Å². The minimum atomic E-state index is -0.631. The monoisotopic (exact) mass is 267 g/mol. The smallest absolute Gasteiger partial charge is 0.304 e. The molecule has 1 aliphatic heterocycles. The summed E-state index contributed by atoms with van der Waals surface area (Å²) >= 11 is 0. The molecule has 1 saturated heterocycles. The first-order valence-corrected chi connectivity index (χ1v) is 8.05. The molecule has 0 radical (unpaired) electrons. The van der Waals surface area contributed by atoms with E-state index in [-0.39, 0.29) is 0 Å². The SMILES string of the molecule is CC(C)C1CCCC(N2CCCCC2CC(=O)O)C1. The fourth-order valence-electron chi connectivity index (χ4n) is 4.03. The van der Waals surface area contributed by atoms with Crippen LogP contribution in [0.25, 0.3) is 0 Å². The maximum absolute atomic E-state index is 11.0. The minimum Gasteiger partial charge on any atom is -0.481 e. The Bertz CT molecular complexity index is 303. The van der Waals surface area contributed by atoms with Gasteiger partial charge < -0.3 is 5.11 Å². The van der Waals surface area contributed by atoms with Crippen molar-refractivity contribution >= 4 is 5.97 Å². The van der Waals surface area contributed by atoms with Gasteiger partial charge in [0.15, 0.2) is 0 Å². The standard InChI is InChI=1S/C16H29NO2/c1-12(2)13-6-5-8-14(10-13)17-9-4-3-7-15(17)11-16(18)19/h12-15H,3-11H2,1-2H3,(H,18,19). The summed E-state index contributed by atoms with van der Waals surface area (Å²) in [6.45, 7) is 5.78. The maximum Gasteiger partial charge on any atom is 0.304 e. The van der Waals surface area contributed by atoms with Gasteiger partial charge in [0.05, 0.1) is 6.42 Å². The predicted molar refractivity (Wildman–Crippen MR) is 77.2 cm³/mol. The Labute approximate surface area is 117 Å². The van der Waals surface area contributed by atoms with Crippen LogP contribution in [0.15, 0.2) is 0 Å². The van der Waals surface area contributed by atoms with E-state index in [0.29, 0.717) is 18.5 Å². The molecule has 0 bridgehead atoms. The normalized spacial score (nSPS) is 33.5. The van der Waals surface area contributed by atoms with Crippen LogP contribution in [0.4, 0.5) is 0 Å². The second-order valence-electron chi connectivity index (χ2n) is 6.81. The number of carboxylic acid groups (broad SMARTS) is 1. The lowest BCUT2D eigenvalue weighted by Crippen LogP contribution is -2.49. The van der Waals surface area contributed by atoms with Crippen molar-refractivity contribution < 1.29 is 9.90 Å². The highest BCUT2D eigenvalue weighted by molar-refractivity contribution is 5.67. The molecular formula is C16H29NO2. The number of carboxylic acids is 1. The van der Waals surface area contributed by atoms with Crippen molar-refractivity contribution in [3.05, 3.63) is 0 Å². The van der Waals surface area contributed by atoms with Crippen molar-refractivity contribution in [2.45, 2.75) is 77.3 Å². The van der Waals surface area contributed by atoms with Crippen molar-refractivity contribution in [1.29, 1.82) is 0 Å². The van der Waals surface area contributed by atoms with E-state index >= 15 is 0 Å². The van der Waals surface area contributed by atoms with E-state index in [1.165, 1.54) is 38.5 Å². The molecule has 0 aromatic heterocycles. The lowest BCUT2D eigenvalue weighted by Gasteiger charge is -2.44. The van der Waals surface area contributed by atoms with Gasteiger partial charge in [-0.1, -0.05) is 33.1 Å². The van der Waals surface area contributed by atoms with Crippen LogP contribution >= 0.6 is 0 Å². The lowest BCUT2D eigenvalue weighted by molar-refractivity contribution is -0.139. The van der Waals surface area contributed by atoms with E-state index in [1.54, 1.807) is 0 Å². The molecule has 3 atom stereocenters. The van der Waals surface area contributed by atoms with Crippen molar-refractivity contribution in [3.8, 4) is 0 Å². The van der Waals surface area contributed by atoms with E-state index in [0.717, 1.165) is 24.8 Å². The Hall–Kier alpha value is -0.570. The zero-order valence-corrected chi connectivity index (χ0v) is 12.5. The molecule has 110 valence electrons. The Kier molecular flexibility index (Phi) is 5.26. The molecular weight excluding hydrogens is 238 g/mol. The van der Waals surface area contributed by atoms with Crippen LogP contribution in [0.5, 0.6) is 0 Å². The molecule has 0 aromatic rings. The lowest BCUT2D eigenvalue weighted by atomic mass is 9.78. The molecule has 1 aliphatic carbocycles. The summed E-state index contributed by atoms with van der Waals surface area (Å²) < 4.78 is 0. The molecule has 0 aromatic carbocycles. The van der Waals surface area contributed by atoms with Crippen LogP contribution in [-0.2, 0) is 4.79 Å². The van der Waals surface area contributed by atoms with Crippen LogP contribution in [0, 0.1) is 11.8 Å². The highest BCUT2D eigenvalue weighted by atomic mass is 16.4. The molecule has 1 N–H and O–H groups in total. The topological polar surface area (TPSA) is 40.5 Å². The highest BCUT2D eigenvalue weighted by Crippen LogP contribution is 2.35. The quantitative estimate of drug-likeness (QED) is 0.847. The zero-order valence-electron chi connectivity index (χ0n) is 12.5. The third kappa shape index (κ3) is 3.95. The number of hydrogen-bond acceptors (Lipinski definition) is 2. The first-order chi connectivity index (χ1) is 9.08. The fourth-order valence-corrected chi connectivity index (χ4v) is 4.03. The highest BCUT2D eigenvalue weighted by Gasteiger charge is 2.34. The number of carbonyl (C=O) groups is 1. The number of likely N-dealkylation sites (tertiary alicyclic amines) is 1. The summed E-state index contributed by atoms with van der Waals surface area (Å²) in [6, 6.07) is 0.938. The third-order valence-electron chi connectivity index (χ3n) is 5.18. The fraction of sp³-hybridized carbons (Fsp3) is 0.938. The van der Waals surface area contributed by atoms with E-state index in [2.05, 4.69) is 18.7 Å². The van der Waals surface area contributed by atoms with Gasteiger partial charge in [0.1, 0.15) is 0 Å². The second kappa shape index (κ2) is 6.74. The molecule has 3 nitrogen and oxygen atoms in total. The van der Waals surface area contributed by atoms with Crippen molar-refractivity contribution in [2.24, 2.45) is 11.8 Å². The van der Waals surface area contributed by atoms with Crippen LogP contribution in [0.3, 0.4) is 0 Å². The number of nitrogens with zero attached hydrogens (tertiary/aromatic N) is 1. The molecule has 19 heavy (non-hydrogen) atoms. The first-order valence-electron chi connectivity index (χ1n) is 8.05. The molecule has 2 rings (SSSR count). The minimum absolute atomic E-state index is 0.294. The average molecular weight is 267 g/mol. The largest absolute Gasteiger partial charge is 0.481 e. The molecule has 1 heterocycles.